The van der Waals surface area contributed by atoms with Crippen LogP contribution >= 0.6 is 0 Å². The summed E-state index contributed by atoms with van der Waals surface area (Å²) >= 11 is 0. The van der Waals surface area contributed by atoms with Gasteiger partial charge in [0, 0.05) is 12.2 Å². The molecule has 0 spiro atoms. The monoisotopic (exact) mass is 300 g/mol. The number of fused-ring (bicyclic) bond motifs is 1. The Morgan fingerprint density at radius 2 is 1.62 bits per heavy atom. The number of rotatable bonds is 2. The van der Waals surface area contributed by atoms with Gasteiger partial charge < -0.3 is 0 Å². The van der Waals surface area contributed by atoms with E-state index in [1.165, 1.54) is 11.8 Å². The summed E-state index contributed by atoms with van der Waals surface area (Å²) in [5.41, 5.74) is 4.46. The van der Waals surface area contributed by atoms with Crippen LogP contribution in [0.5, 0.6) is 0 Å². The Bertz CT molecular complexity index is 763. The van der Waals surface area contributed by atoms with Crippen LogP contribution in [0.4, 0.5) is 0 Å². The highest BCUT2D eigenvalue weighted by atomic mass is 32.2. The van der Waals surface area contributed by atoms with Crippen molar-refractivity contribution in [2.75, 3.05) is 6.26 Å². The van der Waals surface area contributed by atoms with Crippen LogP contribution in [0.3, 0.4) is 0 Å². The van der Waals surface area contributed by atoms with E-state index in [1.807, 2.05) is 31.2 Å². The standard InChI is InChI=1S/C18H20O2S/c1-12-9-10-15-16(11-12)18(21(3,19)20)13(2)17(15)14-7-5-4-6-8-14/h4-11,13,17-18H,1-3H3/t13-,17+,18+/m0/s1. The molecule has 0 saturated heterocycles. The maximum Gasteiger partial charge on any atom is 0.154 e. The van der Waals surface area contributed by atoms with E-state index in [1.54, 1.807) is 0 Å². The van der Waals surface area contributed by atoms with Gasteiger partial charge in [0.05, 0.1) is 5.25 Å². The molecule has 2 aromatic rings. The third-order valence-corrected chi connectivity index (χ3v) is 6.11. The minimum atomic E-state index is -3.12. The van der Waals surface area contributed by atoms with Crippen molar-refractivity contribution in [3.63, 3.8) is 0 Å². The number of sulfone groups is 1. The first-order valence-corrected chi connectivity index (χ1v) is 9.19. The van der Waals surface area contributed by atoms with Gasteiger partial charge in [-0.05, 0) is 29.5 Å². The van der Waals surface area contributed by atoms with Gasteiger partial charge in [-0.2, -0.15) is 0 Å². The van der Waals surface area contributed by atoms with Gasteiger partial charge in [-0.1, -0.05) is 61.0 Å². The normalized spacial score (nSPS) is 24.8. The van der Waals surface area contributed by atoms with Crippen LogP contribution in [0.1, 0.15) is 40.3 Å². The lowest BCUT2D eigenvalue weighted by molar-refractivity contribution is 0.510. The second-order valence-corrected chi connectivity index (χ2v) is 8.30. The largest absolute Gasteiger partial charge is 0.228 e. The quantitative estimate of drug-likeness (QED) is 0.844. The van der Waals surface area contributed by atoms with E-state index in [-0.39, 0.29) is 11.8 Å². The van der Waals surface area contributed by atoms with E-state index in [0.717, 1.165) is 16.7 Å². The van der Waals surface area contributed by atoms with Crippen LogP contribution in [0.25, 0.3) is 0 Å². The van der Waals surface area contributed by atoms with Crippen LogP contribution in [0, 0.1) is 12.8 Å². The SMILES string of the molecule is Cc1ccc2c(c1)[C@H](S(C)(=O)=O)[C@@H](C)[C@@H]2c1ccccc1. The molecule has 1 aliphatic carbocycles. The van der Waals surface area contributed by atoms with Crippen molar-refractivity contribution in [3.8, 4) is 0 Å². The molecule has 2 nitrogen and oxygen atoms in total. The molecule has 0 unspecified atom stereocenters. The van der Waals surface area contributed by atoms with E-state index in [9.17, 15) is 8.42 Å². The minimum Gasteiger partial charge on any atom is -0.228 e. The van der Waals surface area contributed by atoms with E-state index >= 15 is 0 Å². The fraction of sp³-hybridized carbons (Fsp3) is 0.333. The first kappa shape index (κ1) is 14.3. The summed E-state index contributed by atoms with van der Waals surface area (Å²) in [6.07, 6.45) is 1.35. The molecule has 0 heterocycles. The van der Waals surface area contributed by atoms with E-state index in [2.05, 4.69) is 31.2 Å². The van der Waals surface area contributed by atoms with E-state index in [4.69, 9.17) is 0 Å². The van der Waals surface area contributed by atoms with E-state index in [0.29, 0.717) is 0 Å². The first-order chi connectivity index (χ1) is 9.89. The van der Waals surface area contributed by atoms with Crippen molar-refractivity contribution in [1.29, 1.82) is 0 Å². The number of benzene rings is 2. The lowest BCUT2D eigenvalue weighted by atomic mass is 9.87. The Balaban J connectivity index is 2.22. The Kier molecular flexibility index (Phi) is 3.40. The number of hydrogen-bond acceptors (Lipinski definition) is 2. The Morgan fingerprint density at radius 3 is 2.24 bits per heavy atom. The topological polar surface area (TPSA) is 34.1 Å². The van der Waals surface area contributed by atoms with Crippen LogP contribution in [-0.2, 0) is 9.84 Å². The highest BCUT2D eigenvalue weighted by molar-refractivity contribution is 7.91. The van der Waals surface area contributed by atoms with Gasteiger partial charge in [0.15, 0.2) is 9.84 Å². The molecule has 3 heteroatoms. The summed E-state index contributed by atoms with van der Waals surface area (Å²) in [4.78, 5) is 0. The predicted octanol–water partition coefficient (Wildman–Crippen LogP) is 3.86. The molecule has 0 N–H and O–H groups in total. The van der Waals surface area contributed by atoms with Crippen molar-refractivity contribution in [2.24, 2.45) is 5.92 Å². The maximum atomic E-state index is 12.3. The molecular weight excluding hydrogens is 280 g/mol. The van der Waals surface area contributed by atoms with Gasteiger partial charge in [-0.3, -0.25) is 0 Å². The van der Waals surface area contributed by atoms with Crippen molar-refractivity contribution in [3.05, 3.63) is 70.8 Å². The van der Waals surface area contributed by atoms with Crippen LogP contribution in [0.15, 0.2) is 48.5 Å². The number of aryl methyl sites for hydroxylation is 1. The summed E-state index contributed by atoms with van der Waals surface area (Å²) in [5.74, 6) is 0.209. The second-order valence-electron chi connectivity index (χ2n) is 6.13. The van der Waals surface area contributed by atoms with Crippen molar-refractivity contribution in [2.45, 2.75) is 25.0 Å². The molecule has 0 aromatic heterocycles. The molecule has 3 atom stereocenters. The van der Waals surface area contributed by atoms with E-state index < -0.39 is 15.1 Å². The summed E-state index contributed by atoms with van der Waals surface area (Å²) < 4.78 is 24.6. The highest BCUT2D eigenvalue weighted by Gasteiger charge is 2.43. The molecule has 110 valence electrons. The second kappa shape index (κ2) is 4.99. The fourth-order valence-corrected chi connectivity index (χ4v) is 5.33. The highest BCUT2D eigenvalue weighted by Crippen LogP contribution is 2.51. The zero-order valence-electron chi connectivity index (χ0n) is 12.6. The molecular formula is C18H20O2S. The first-order valence-electron chi connectivity index (χ1n) is 7.24. The molecule has 0 saturated carbocycles. The zero-order valence-corrected chi connectivity index (χ0v) is 13.4. The van der Waals surface area contributed by atoms with Gasteiger partial charge in [-0.25, -0.2) is 8.42 Å². The fourth-order valence-electron chi connectivity index (χ4n) is 3.73. The van der Waals surface area contributed by atoms with Crippen LogP contribution in [-0.4, -0.2) is 14.7 Å². The smallest absolute Gasteiger partial charge is 0.154 e. The van der Waals surface area contributed by atoms with Gasteiger partial charge in [-0.15, -0.1) is 0 Å². The Labute approximate surface area is 126 Å². The molecule has 1 aliphatic rings. The summed E-state index contributed by atoms with van der Waals surface area (Å²) in [6.45, 7) is 4.07. The van der Waals surface area contributed by atoms with Gasteiger partial charge in [0.1, 0.15) is 0 Å². The maximum absolute atomic E-state index is 12.3. The molecule has 0 bridgehead atoms. The lowest BCUT2D eigenvalue weighted by Gasteiger charge is -2.20. The Morgan fingerprint density at radius 1 is 0.952 bits per heavy atom. The molecule has 0 fully saturated rings. The molecule has 0 amide bonds. The predicted molar refractivity (Wildman–Crippen MR) is 86.2 cm³/mol. The van der Waals surface area contributed by atoms with Crippen molar-refractivity contribution < 1.29 is 8.42 Å². The summed E-state index contributed by atoms with van der Waals surface area (Å²) in [7, 11) is -3.12. The molecule has 2 aromatic carbocycles. The number of hydrogen-bond donors (Lipinski definition) is 0. The van der Waals surface area contributed by atoms with Gasteiger partial charge in [0.2, 0.25) is 0 Å². The summed E-state index contributed by atoms with van der Waals surface area (Å²) in [5, 5.41) is -0.405. The minimum absolute atomic E-state index is 0.0548. The molecule has 0 radical (unpaired) electrons. The van der Waals surface area contributed by atoms with Crippen LogP contribution in [0.2, 0.25) is 0 Å². The van der Waals surface area contributed by atoms with Crippen LogP contribution < -0.4 is 0 Å². The third-order valence-electron chi connectivity index (χ3n) is 4.51. The Hall–Kier alpha value is -1.61. The molecule has 3 rings (SSSR count). The average molecular weight is 300 g/mol. The lowest BCUT2D eigenvalue weighted by Crippen LogP contribution is -2.17. The molecule has 21 heavy (non-hydrogen) atoms. The average Bonchev–Trinajstić information content (AvgIpc) is 2.70. The molecule has 0 aliphatic heterocycles. The van der Waals surface area contributed by atoms with Gasteiger partial charge >= 0.3 is 0 Å². The summed E-state index contributed by atoms with van der Waals surface area (Å²) in [6, 6.07) is 16.4. The third kappa shape index (κ3) is 2.40. The van der Waals surface area contributed by atoms with Gasteiger partial charge in [0.25, 0.3) is 0 Å². The van der Waals surface area contributed by atoms with Crippen molar-refractivity contribution >= 4 is 9.84 Å². The zero-order chi connectivity index (χ0) is 15.2. The van der Waals surface area contributed by atoms with Crippen molar-refractivity contribution in [1.82, 2.24) is 0 Å².